The summed E-state index contributed by atoms with van der Waals surface area (Å²) in [6, 6.07) is 3.50. The lowest BCUT2D eigenvalue weighted by Crippen LogP contribution is -2.08. The molecule has 16 heavy (non-hydrogen) atoms. The van der Waals surface area contributed by atoms with Crippen LogP contribution in [0.4, 0.5) is 13.2 Å². The molecule has 1 nitrogen and oxygen atoms in total. The van der Waals surface area contributed by atoms with Crippen molar-refractivity contribution in [1.82, 2.24) is 0 Å². The lowest BCUT2D eigenvalue weighted by molar-refractivity contribution is -0.137. The zero-order chi connectivity index (χ0) is 12.3. The van der Waals surface area contributed by atoms with E-state index in [1.54, 1.807) is 0 Å². The topological polar surface area (TPSA) is 9.23 Å². The van der Waals surface area contributed by atoms with Gasteiger partial charge in [-0.15, -0.1) is 0 Å². The van der Waals surface area contributed by atoms with Crippen molar-refractivity contribution in [1.29, 1.82) is 0 Å². The Kier molecular flexibility index (Phi) is 3.83. The van der Waals surface area contributed by atoms with Crippen molar-refractivity contribution in [2.24, 2.45) is 5.92 Å². The number of hydrogen-bond acceptors (Lipinski definition) is 1. The number of rotatable bonds is 3. The van der Waals surface area contributed by atoms with Gasteiger partial charge in [0.2, 0.25) is 0 Å². The summed E-state index contributed by atoms with van der Waals surface area (Å²) in [5.41, 5.74) is -0.424. The van der Waals surface area contributed by atoms with Gasteiger partial charge in [0.25, 0.3) is 0 Å². The predicted molar refractivity (Wildman–Crippen MR) is 56.2 cm³/mol. The van der Waals surface area contributed by atoms with Crippen LogP contribution in [0, 0.1) is 12.8 Å². The highest BCUT2D eigenvalue weighted by atomic mass is 19.4. The number of halogens is 3. The smallest absolute Gasteiger partial charge is 0.416 e. The monoisotopic (exact) mass is 231 g/mol. The minimum Gasteiger partial charge on any atom is -0.493 e. The highest BCUT2D eigenvalue weighted by molar-refractivity contribution is 5.37. The van der Waals surface area contributed by atoms with Gasteiger partial charge in [0, 0.05) is 0 Å². The molecule has 0 aromatic heterocycles. The summed E-state index contributed by atoms with van der Waals surface area (Å²) in [7, 11) is 0. The van der Waals surface area contributed by atoms with E-state index in [0.29, 0.717) is 12.2 Å². The molecule has 0 aliphatic carbocycles. The fourth-order valence-corrected chi connectivity index (χ4v) is 1.17. The first-order valence-electron chi connectivity index (χ1n) is 4.96. The quantitative estimate of drug-likeness (QED) is 0.766. The molecular weight excluding hydrogens is 217 g/mol. The molecule has 1 aromatic rings. The van der Waals surface area contributed by atoms with Crippen LogP contribution < -0.4 is 4.74 Å². The molecule has 0 saturated carbocycles. The summed E-state index contributed by atoms with van der Waals surface area (Å²) in [5.74, 6) is 0.483. The molecule has 89 valence electrons. The Labute approximate surface area is 93.2 Å². The average Bonchev–Trinajstić information content (AvgIpc) is 2.12. The first-order chi connectivity index (χ1) is 7.29. The third kappa shape index (κ3) is 3.76. The molecule has 0 spiro atoms. The molecule has 1 radical (unpaired) electrons. The molecule has 0 atom stereocenters. The van der Waals surface area contributed by atoms with Gasteiger partial charge in [-0.1, -0.05) is 13.8 Å². The van der Waals surface area contributed by atoms with Crippen LogP contribution in [-0.4, -0.2) is 6.61 Å². The fourth-order valence-electron chi connectivity index (χ4n) is 1.17. The molecule has 0 fully saturated rings. The Morgan fingerprint density at radius 2 is 1.88 bits per heavy atom. The largest absolute Gasteiger partial charge is 0.493 e. The zero-order valence-electron chi connectivity index (χ0n) is 9.27. The van der Waals surface area contributed by atoms with E-state index in [1.807, 2.05) is 13.8 Å². The minimum absolute atomic E-state index is 0.216. The van der Waals surface area contributed by atoms with Crippen LogP contribution in [0.15, 0.2) is 18.2 Å². The molecular formula is C12H14F3O. The van der Waals surface area contributed by atoms with E-state index in [0.717, 1.165) is 12.1 Å². The molecule has 1 rings (SSSR count). The Balaban J connectivity index is 2.90. The maximum Gasteiger partial charge on any atom is 0.416 e. The maximum absolute atomic E-state index is 12.5. The molecule has 0 aliphatic rings. The van der Waals surface area contributed by atoms with Gasteiger partial charge < -0.3 is 4.74 Å². The van der Waals surface area contributed by atoms with Gasteiger partial charge in [-0.05, 0) is 36.6 Å². The van der Waals surface area contributed by atoms with E-state index in [2.05, 4.69) is 6.92 Å². The van der Waals surface area contributed by atoms with Crippen molar-refractivity contribution in [3.8, 4) is 5.75 Å². The van der Waals surface area contributed by atoms with Crippen LogP contribution in [0.1, 0.15) is 25.0 Å². The van der Waals surface area contributed by atoms with Crippen LogP contribution in [0.5, 0.6) is 5.75 Å². The molecule has 1 aromatic carbocycles. The van der Waals surface area contributed by atoms with E-state index in [9.17, 15) is 13.2 Å². The molecule has 0 N–H and O–H groups in total. The second-order valence-corrected chi connectivity index (χ2v) is 4.07. The van der Waals surface area contributed by atoms with Crippen molar-refractivity contribution < 1.29 is 17.9 Å². The molecule has 4 heteroatoms. The molecule has 0 unspecified atom stereocenters. The van der Waals surface area contributed by atoms with Crippen LogP contribution in [-0.2, 0) is 6.18 Å². The van der Waals surface area contributed by atoms with Gasteiger partial charge in [-0.2, -0.15) is 13.2 Å². The van der Waals surface area contributed by atoms with Crippen molar-refractivity contribution in [2.45, 2.75) is 20.0 Å². The van der Waals surface area contributed by atoms with E-state index in [-0.39, 0.29) is 11.7 Å². The number of alkyl halides is 3. The van der Waals surface area contributed by atoms with Crippen LogP contribution >= 0.6 is 0 Å². The highest BCUT2D eigenvalue weighted by Gasteiger charge is 2.31. The standard InChI is InChI=1S/C12H14F3O/c1-8(2)7-16-11-5-9(3)4-10(6-11)12(13,14)15/h4-6,8H,3,7H2,1-2H3. The summed E-state index contributed by atoms with van der Waals surface area (Å²) >= 11 is 0. The summed E-state index contributed by atoms with van der Waals surface area (Å²) in [5, 5.41) is 0. The van der Waals surface area contributed by atoms with Gasteiger partial charge in [0.1, 0.15) is 5.75 Å². The SMILES string of the molecule is [CH2]c1cc(OCC(C)C)cc(C(F)(F)F)c1. The summed E-state index contributed by atoms with van der Waals surface area (Å²) < 4.78 is 42.6. The second kappa shape index (κ2) is 4.76. The minimum atomic E-state index is -4.36. The summed E-state index contributed by atoms with van der Waals surface area (Å²) in [6.45, 7) is 7.75. The van der Waals surface area contributed by atoms with E-state index in [4.69, 9.17) is 4.74 Å². The van der Waals surface area contributed by atoms with Crippen molar-refractivity contribution >= 4 is 0 Å². The van der Waals surface area contributed by atoms with Gasteiger partial charge in [-0.3, -0.25) is 0 Å². The van der Waals surface area contributed by atoms with Crippen LogP contribution in [0.3, 0.4) is 0 Å². The predicted octanol–water partition coefficient (Wildman–Crippen LogP) is 3.92. The lowest BCUT2D eigenvalue weighted by atomic mass is 10.1. The third-order valence-electron chi connectivity index (χ3n) is 1.88. The van der Waals surface area contributed by atoms with Crippen LogP contribution in [0.2, 0.25) is 0 Å². The fraction of sp³-hybridized carbons (Fsp3) is 0.417. The van der Waals surface area contributed by atoms with Crippen LogP contribution in [0.25, 0.3) is 0 Å². The van der Waals surface area contributed by atoms with Gasteiger partial charge >= 0.3 is 6.18 Å². The van der Waals surface area contributed by atoms with Gasteiger partial charge in [-0.25, -0.2) is 0 Å². The zero-order valence-corrected chi connectivity index (χ0v) is 9.27. The summed E-state index contributed by atoms with van der Waals surface area (Å²) in [4.78, 5) is 0. The number of ether oxygens (including phenoxy) is 1. The highest BCUT2D eigenvalue weighted by Crippen LogP contribution is 2.32. The maximum atomic E-state index is 12.5. The first-order valence-corrected chi connectivity index (χ1v) is 4.96. The Bertz CT molecular complexity index is 356. The van der Waals surface area contributed by atoms with Gasteiger partial charge in [0.05, 0.1) is 12.2 Å². The molecule has 0 aliphatic heterocycles. The Morgan fingerprint density at radius 3 is 2.38 bits per heavy atom. The third-order valence-corrected chi connectivity index (χ3v) is 1.88. The Hall–Kier alpha value is -1.19. The lowest BCUT2D eigenvalue weighted by Gasteiger charge is -2.12. The van der Waals surface area contributed by atoms with E-state index < -0.39 is 11.7 Å². The van der Waals surface area contributed by atoms with Gasteiger partial charge in [0.15, 0.2) is 0 Å². The van der Waals surface area contributed by atoms with Crippen molar-refractivity contribution in [2.75, 3.05) is 6.61 Å². The van der Waals surface area contributed by atoms with Crippen molar-refractivity contribution in [3.63, 3.8) is 0 Å². The Morgan fingerprint density at radius 1 is 1.25 bits per heavy atom. The molecule has 0 amide bonds. The molecule has 0 saturated heterocycles. The van der Waals surface area contributed by atoms with Crippen molar-refractivity contribution in [3.05, 3.63) is 36.2 Å². The number of hydrogen-bond donors (Lipinski definition) is 0. The number of benzene rings is 1. The van der Waals surface area contributed by atoms with E-state index >= 15 is 0 Å². The average molecular weight is 231 g/mol. The molecule has 0 heterocycles. The first kappa shape index (κ1) is 12.9. The normalized spacial score (nSPS) is 11.9. The summed E-state index contributed by atoms with van der Waals surface area (Å²) in [6.07, 6.45) is -4.36. The second-order valence-electron chi connectivity index (χ2n) is 4.07. The molecule has 0 bridgehead atoms. The van der Waals surface area contributed by atoms with E-state index in [1.165, 1.54) is 6.07 Å².